The van der Waals surface area contributed by atoms with Gasteiger partial charge in [0, 0.05) is 6.54 Å². The van der Waals surface area contributed by atoms with Gasteiger partial charge in [-0.15, -0.1) is 0 Å². The third kappa shape index (κ3) is 2.50. The molecule has 0 radical (unpaired) electrons. The smallest absolute Gasteiger partial charge is 0.236 e. The number of rotatable bonds is 3. The van der Waals surface area contributed by atoms with E-state index in [-0.39, 0.29) is 11.9 Å². The summed E-state index contributed by atoms with van der Waals surface area (Å²) in [6, 6.07) is -0.377. The van der Waals surface area contributed by atoms with Crippen LogP contribution in [0.1, 0.15) is 26.7 Å². The maximum Gasteiger partial charge on any atom is 0.236 e. The van der Waals surface area contributed by atoms with E-state index >= 15 is 0 Å². The SMILES string of the molecule is C[C@H](N)C(=O)NCC1(C)CC1. The van der Waals surface area contributed by atoms with Crippen LogP contribution in [0.5, 0.6) is 0 Å². The second-order valence-electron chi connectivity index (χ2n) is 3.82. The van der Waals surface area contributed by atoms with Gasteiger partial charge in [0.2, 0.25) is 5.91 Å². The Labute approximate surface area is 67.3 Å². The first-order valence-corrected chi connectivity index (χ1v) is 4.07. The number of nitrogens with two attached hydrogens (primary N) is 1. The minimum atomic E-state index is -0.377. The van der Waals surface area contributed by atoms with Crippen LogP contribution in [0, 0.1) is 5.41 Å². The molecule has 0 aromatic heterocycles. The Morgan fingerprint density at radius 1 is 1.73 bits per heavy atom. The lowest BCUT2D eigenvalue weighted by Crippen LogP contribution is -2.40. The van der Waals surface area contributed by atoms with Gasteiger partial charge >= 0.3 is 0 Å². The monoisotopic (exact) mass is 156 g/mol. The molecule has 0 spiro atoms. The van der Waals surface area contributed by atoms with Gasteiger partial charge in [-0.25, -0.2) is 0 Å². The van der Waals surface area contributed by atoms with Gasteiger partial charge in [-0.3, -0.25) is 4.79 Å². The van der Waals surface area contributed by atoms with Gasteiger partial charge in [-0.2, -0.15) is 0 Å². The molecule has 64 valence electrons. The lowest BCUT2D eigenvalue weighted by molar-refractivity contribution is -0.122. The van der Waals surface area contributed by atoms with E-state index in [1.165, 1.54) is 12.8 Å². The van der Waals surface area contributed by atoms with Crippen molar-refractivity contribution in [2.45, 2.75) is 32.7 Å². The first-order chi connectivity index (χ1) is 5.03. The summed E-state index contributed by atoms with van der Waals surface area (Å²) < 4.78 is 0. The summed E-state index contributed by atoms with van der Waals surface area (Å²) >= 11 is 0. The molecule has 0 aliphatic heterocycles. The van der Waals surface area contributed by atoms with Crippen LogP contribution in [0.3, 0.4) is 0 Å². The molecule has 1 saturated carbocycles. The molecule has 0 aromatic carbocycles. The molecule has 1 rings (SSSR count). The maximum atomic E-state index is 11.0. The summed E-state index contributed by atoms with van der Waals surface area (Å²) in [5.41, 5.74) is 5.75. The lowest BCUT2D eigenvalue weighted by atomic mass is 10.1. The number of amides is 1. The summed E-state index contributed by atoms with van der Waals surface area (Å²) in [6.07, 6.45) is 2.46. The molecule has 1 amide bonds. The minimum Gasteiger partial charge on any atom is -0.354 e. The van der Waals surface area contributed by atoms with Gasteiger partial charge in [-0.1, -0.05) is 6.92 Å². The third-order valence-electron chi connectivity index (χ3n) is 2.21. The fraction of sp³-hybridized carbons (Fsp3) is 0.875. The highest BCUT2D eigenvalue weighted by molar-refractivity contribution is 5.80. The third-order valence-corrected chi connectivity index (χ3v) is 2.21. The predicted octanol–water partition coefficient (Wildman–Crippen LogP) is 0.250. The largest absolute Gasteiger partial charge is 0.354 e. The van der Waals surface area contributed by atoms with Crippen molar-refractivity contribution in [3.05, 3.63) is 0 Å². The average molecular weight is 156 g/mol. The fourth-order valence-corrected chi connectivity index (χ4v) is 0.852. The van der Waals surface area contributed by atoms with Crippen LogP contribution in [-0.4, -0.2) is 18.5 Å². The fourth-order valence-electron chi connectivity index (χ4n) is 0.852. The Balaban J connectivity index is 2.16. The highest BCUT2D eigenvalue weighted by Gasteiger charge is 2.37. The van der Waals surface area contributed by atoms with Crippen LogP contribution < -0.4 is 11.1 Å². The standard InChI is InChI=1S/C8H16N2O/c1-6(9)7(11)10-5-8(2)3-4-8/h6H,3-5,9H2,1-2H3,(H,10,11)/t6-/m0/s1. The number of hydrogen-bond donors (Lipinski definition) is 2. The van der Waals surface area contributed by atoms with E-state index in [1.807, 2.05) is 0 Å². The molecule has 0 heterocycles. The van der Waals surface area contributed by atoms with E-state index in [1.54, 1.807) is 6.92 Å². The first-order valence-electron chi connectivity index (χ1n) is 4.07. The van der Waals surface area contributed by atoms with Crippen LogP contribution in [0.15, 0.2) is 0 Å². The molecule has 3 nitrogen and oxygen atoms in total. The molecule has 0 saturated heterocycles. The van der Waals surface area contributed by atoms with Crippen molar-refractivity contribution in [1.82, 2.24) is 5.32 Å². The van der Waals surface area contributed by atoms with Gasteiger partial charge in [0.15, 0.2) is 0 Å². The van der Waals surface area contributed by atoms with Crippen molar-refractivity contribution in [3.8, 4) is 0 Å². The lowest BCUT2D eigenvalue weighted by Gasteiger charge is -2.11. The van der Waals surface area contributed by atoms with E-state index in [2.05, 4.69) is 12.2 Å². The summed E-state index contributed by atoms with van der Waals surface area (Å²) in [5.74, 6) is -0.0434. The topological polar surface area (TPSA) is 55.1 Å². The van der Waals surface area contributed by atoms with E-state index in [0.717, 1.165) is 6.54 Å². The van der Waals surface area contributed by atoms with E-state index in [9.17, 15) is 4.79 Å². The van der Waals surface area contributed by atoms with Crippen molar-refractivity contribution < 1.29 is 4.79 Å². The van der Waals surface area contributed by atoms with E-state index in [4.69, 9.17) is 5.73 Å². The summed E-state index contributed by atoms with van der Waals surface area (Å²) in [6.45, 7) is 4.66. The number of nitrogens with one attached hydrogen (secondary N) is 1. The minimum absolute atomic E-state index is 0.0434. The van der Waals surface area contributed by atoms with Gasteiger partial charge in [0.05, 0.1) is 6.04 Å². The Morgan fingerprint density at radius 3 is 2.64 bits per heavy atom. The molecule has 0 aromatic rings. The molecule has 3 N–H and O–H groups in total. The van der Waals surface area contributed by atoms with Crippen LogP contribution in [0.4, 0.5) is 0 Å². The molecule has 11 heavy (non-hydrogen) atoms. The molecule has 1 aliphatic carbocycles. The van der Waals surface area contributed by atoms with Crippen LogP contribution in [0.2, 0.25) is 0 Å². The van der Waals surface area contributed by atoms with Gasteiger partial charge in [-0.05, 0) is 25.2 Å². The second-order valence-corrected chi connectivity index (χ2v) is 3.82. The van der Waals surface area contributed by atoms with Crippen LogP contribution in [-0.2, 0) is 4.79 Å². The Morgan fingerprint density at radius 2 is 2.27 bits per heavy atom. The zero-order valence-electron chi connectivity index (χ0n) is 7.18. The predicted molar refractivity (Wildman–Crippen MR) is 44.0 cm³/mol. The van der Waals surface area contributed by atoms with Gasteiger partial charge in [0.25, 0.3) is 0 Å². The number of hydrogen-bond acceptors (Lipinski definition) is 2. The van der Waals surface area contributed by atoms with Crippen molar-refractivity contribution in [2.75, 3.05) is 6.54 Å². The molecular formula is C8H16N2O. The van der Waals surface area contributed by atoms with E-state index in [0.29, 0.717) is 5.41 Å². The zero-order valence-corrected chi connectivity index (χ0v) is 7.18. The quantitative estimate of drug-likeness (QED) is 0.615. The highest BCUT2D eigenvalue weighted by atomic mass is 16.2. The van der Waals surface area contributed by atoms with Gasteiger partial charge in [0.1, 0.15) is 0 Å². The van der Waals surface area contributed by atoms with E-state index < -0.39 is 0 Å². The molecule has 0 unspecified atom stereocenters. The molecule has 3 heteroatoms. The Bertz CT molecular complexity index is 161. The summed E-state index contributed by atoms with van der Waals surface area (Å²) in [4.78, 5) is 11.0. The van der Waals surface area contributed by atoms with Crippen molar-refractivity contribution in [1.29, 1.82) is 0 Å². The van der Waals surface area contributed by atoms with Crippen molar-refractivity contribution >= 4 is 5.91 Å². The maximum absolute atomic E-state index is 11.0. The van der Waals surface area contributed by atoms with Crippen LogP contribution in [0.25, 0.3) is 0 Å². The second kappa shape index (κ2) is 2.81. The van der Waals surface area contributed by atoms with Crippen molar-refractivity contribution in [3.63, 3.8) is 0 Å². The van der Waals surface area contributed by atoms with Crippen molar-refractivity contribution in [2.24, 2.45) is 11.1 Å². The van der Waals surface area contributed by atoms with Gasteiger partial charge < -0.3 is 11.1 Å². The molecule has 1 atom stereocenters. The average Bonchev–Trinajstić information content (AvgIpc) is 2.64. The zero-order chi connectivity index (χ0) is 8.48. The number of carbonyl (C=O) groups excluding carboxylic acids is 1. The normalized spacial score (nSPS) is 22.5. The Hall–Kier alpha value is -0.570. The molecule has 1 aliphatic rings. The number of carbonyl (C=O) groups is 1. The molecule has 1 fully saturated rings. The summed E-state index contributed by atoms with van der Waals surface area (Å²) in [7, 11) is 0. The first kappa shape index (κ1) is 8.53. The molecule has 0 bridgehead atoms. The molecular weight excluding hydrogens is 140 g/mol. The Kier molecular flexibility index (Phi) is 2.18. The highest BCUT2D eigenvalue weighted by Crippen LogP contribution is 2.43. The van der Waals surface area contributed by atoms with Crippen LogP contribution >= 0.6 is 0 Å². The summed E-state index contributed by atoms with van der Waals surface area (Å²) in [5, 5.41) is 2.82.